The lowest BCUT2D eigenvalue weighted by Gasteiger charge is -2.23. The molecule has 0 fully saturated rings. The van der Waals surface area contributed by atoms with Crippen molar-refractivity contribution in [1.29, 1.82) is 0 Å². The summed E-state index contributed by atoms with van der Waals surface area (Å²) in [6.07, 6.45) is -1.16. The third-order valence-electron chi connectivity index (χ3n) is 3.28. The Morgan fingerprint density at radius 1 is 1.17 bits per heavy atom. The molecule has 0 heterocycles. The van der Waals surface area contributed by atoms with E-state index in [2.05, 4.69) is 5.32 Å². The first kappa shape index (κ1) is 17.7. The van der Waals surface area contributed by atoms with Crippen LogP contribution in [-0.2, 0) is 0 Å². The summed E-state index contributed by atoms with van der Waals surface area (Å²) in [4.78, 5) is 12.2. The van der Waals surface area contributed by atoms with Gasteiger partial charge in [0, 0.05) is 5.02 Å². The number of aliphatic hydroxyl groups excluding tert-OH is 2. The summed E-state index contributed by atoms with van der Waals surface area (Å²) in [5.74, 6) is -1.31. The van der Waals surface area contributed by atoms with Gasteiger partial charge in [0.25, 0.3) is 5.91 Å². The highest BCUT2D eigenvalue weighted by Crippen LogP contribution is 2.21. The van der Waals surface area contributed by atoms with Crippen LogP contribution in [-0.4, -0.2) is 28.8 Å². The average molecular weight is 358 g/mol. The van der Waals surface area contributed by atoms with Crippen LogP contribution in [0, 0.1) is 5.82 Å². The number of carbonyl (C=O) groups is 1. The molecule has 0 saturated heterocycles. The minimum atomic E-state index is -1.16. The van der Waals surface area contributed by atoms with E-state index in [0.717, 1.165) is 12.1 Å². The SMILES string of the molecule is O=C(NC(CO)C(O)c1ccc(Cl)cc1)c1cc(F)ccc1Cl. The normalized spacial score (nSPS) is 13.4. The molecule has 2 aromatic rings. The number of hydrogen-bond donors (Lipinski definition) is 3. The number of nitrogens with one attached hydrogen (secondary N) is 1. The van der Waals surface area contributed by atoms with Crippen molar-refractivity contribution in [3.63, 3.8) is 0 Å². The van der Waals surface area contributed by atoms with Gasteiger partial charge in [-0.05, 0) is 35.9 Å². The maximum Gasteiger partial charge on any atom is 0.253 e. The molecule has 0 saturated carbocycles. The first-order chi connectivity index (χ1) is 10.9. The molecule has 3 N–H and O–H groups in total. The standard InChI is InChI=1S/C16H14Cl2FNO3/c17-10-3-1-9(2-4-10)15(22)14(8-21)20-16(23)12-7-11(19)5-6-13(12)18/h1-7,14-15,21-22H,8H2,(H,20,23). The van der Waals surface area contributed by atoms with Crippen molar-refractivity contribution in [2.75, 3.05) is 6.61 Å². The zero-order chi connectivity index (χ0) is 17.0. The van der Waals surface area contributed by atoms with E-state index in [1.54, 1.807) is 24.3 Å². The van der Waals surface area contributed by atoms with E-state index in [0.29, 0.717) is 10.6 Å². The smallest absolute Gasteiger partial charge is 0.253 e. The molecule has 2 rings (SSSR count). The topological polar surface area (TPSA) is 69.6 Å². The molecule has 2 atom stereocenters. The van der Waals surface area contributed by atoms with Gasteiger partial charge >= 0.3 is 0 Å². The van der Waals surface area contributed by atoms with Crippen molar-refractivity contribution in [1.82, 2.24) is 5.32 Å². The molecule has 0 aliphatic heterocycles. The molecule has 0 aliphatic carbocycles. The van der Waals surface area contributed by atoms with Crippen LogP contribution in [0.5, 0.6) is 0 Å². The number of benzene rings is 2. The van der Waals surface area contributed by atoms with Gasteiger partial charge in [0.15, 0.2) is 0 Å². The van der Waals surface area contributed by atoms with Gasteiger partial charge in [0.1, 0.15) is 11.9 Å². The van der Waals surface area contributed by atoms with Crippen LogP contribution >= 0.6 is 23.2 Å². The highest BCUT2D eigenvalue weighted by atomic mass is 35.5. The Bertz CT molecular complexity index is 694. The summed E-state index contributed by atoms with van der Waals surface area (Å²) in [5.41, 5.74) is 0.396. The molecule has 0 radical (unpaired) electrons. The summed E-state index contributed by atoms with van der Waals surface area (Å²) in [6, 6.07) is 8.72. The molecular formula is C16H14Cl2FNO3. The Hall–Kier alpha value is -1.66. The second-order valence-corrected chi connectivity index (χ2v) is 5.73. The number of aliphatic hydroxyl groups is 2. The van der Waals surface area contributed by atoms with Crippen molar-refractivity contribution < 1.29 is 19.4 Å². The molecule has 1 amide bonds. The summed E-state index contributed by atoms with van der Waals surface area (Å²) >= 11 is 11.6. The van der Waals surface area contributed by atoms with E-state index in [9.17, 15) is 19.4 Å². The first-order valence-corrected chi connectivity index (χ1v) is 7.48. The van der Waals surface area contributed by atoms with Gasteiger partial charge in [-0.1, -0.05) is 35.3 Å². The molecule has 7 heteroatoms. The Morgan fingerprint density at radius 3 is 2.43 bits per heavy atom. The molecular weight excluding hydrogens is 344 g/mol. The molecule has 2 unspecified atom stereocenters. The third kappa shape index (κ3) is 4.42. The van der Waals surface area contributed by atoms with Gasteiger partial charge in [-0.25, -0.2) is 4.39 Å². The van der Waals surface area contributed by atoms with Crippen LogP contribution in [0.4, 0.5) is 4.39 Å². The van der Waals surface area contributed by atoms with Crippen molar-refractivity contribution in [2.45, 2.75) is 12.1 Å². The van der Waals surface area contributed by atoms with E-state index in [4.69, 9.17) is 23.2 Å². The number of hydrogen-bond acceptors (Lipinski definition) is 3. The summed E-state index contributed by atoms with van der Waals surface area (Å²) < 4.78 is 13.2. The van der Waals surface area contributed by atoms with Crippen LogP contribution in [0.25, 0.3) is 0 Å². The van der Waals surface area contributed by atoms with Crippen molar-refractivity contribution >= 4 is 29.1 Å². The van der Waals surface area contributed by atoms with Crippen molar-refractivity contribution in [3.8, 4) is 0 Å². The maximum absolute atomic E-state index is 13.2. The van der Waals surface area contributed by atoms with Crippen molar-refractivity contribution in [2.24, 2.45) is 0 Å². The minimum absolute atomic E-state index is 0.0709. The van der Waals surface area contributed by atoms with Gasteiger partial charge in [-0.15, -0.1) is 0 Å². The highest BCUT2D eigenvalue weighted by molar-refractivity contribution is 6.33. The Labute approximate surface area is 142 Å². The maximum atomic E-state index is 13.2. The fourth-order valence-corrected chi connectivity index (χ4v) is 2.36. The molecule has 0 aromatic heterocycles. The number of rotatable bonds is 5. The van der Waals surface area contributed by atoms with Crippen molar-refractivity contribution in [3.05, 3.63) is 69.5 Å². The van der Waals surface area contributed by atoms with E-state index in [1.807, 2.05) is 0 Å². The molecule has 0 bridgehead atoms. The molecule has 0 aliphatic rings. The highest BCUT2D eigenvalue weighted by Gasteiger charge is 2.23. The molecule has 23 heavy (non-hydrogen) atoms. The zero-order valence-corrected chi connectivity index (χ0v) is 13.4. The second kappa shape index (κ2) is 7.75. The van der Waals surface area contributed by atoms with Gasteiger partial charge in [0.05, 0.1) is 23.2 Å². The van der Waals surface area contributed by atoms with E-state index >= 15 is 0 Å². The van der Waals surface area contributed by atoms with Gasteiger partial charge < -0.3 is 15.5 Å². The Morgan fingerprint density at radius 2 is 1.83 bits per heavy atom. The lowest BCUT2D eigenvalue weighted by molar-refractivity contribution is 0.0703. The van der Waals surface area contributed by atoms with Gasteiger partial charge in [-0.3, -0.25) is 4.79 Å². The lowest BCUT2D eigenvalue weighted by Crippen LogP contribution is -2.42. The Balaban J connectivity index is 2.16. The molecule has 0 spiro atoms. The van der Waals surface area contributed by atoms with Crippen LogP contribution < -0.4 is 5.32 Å². The summed E-state index contributed by atoms with van der Waals surface area (Å²) in [6.45, 7) is -0.511. The average Bonchev–Trinajstić information content (AvgIpc) is 2.54. The molecule has 4 nitrogen and oxygen atoms in total. The van der Waals surface area contributed by atoms with Crippen LogP contribution in [0.3, 0.4) is 0 Å². The van der Waals surface area contributed by atoms with Gasteiger partial charge in [-0.2, -0.15) is 0 Å². The Kier molecular flexibility index (Phi) is 5.96. The van der Waals surface area contributed by atoms with Gasteiger partial charge in [0.2, 0.25) is 0 Å². The monoisotopic (exact) mass is 357 g/mol. The third-order valence-corrected chi connectivity index (χ3v) is 3.86. The van der Waals surface area contributed by atoms with Crippen LogP contribution in [0.15, 0.2) is 42.5 Å². The second-order valence-electron chi connectivity index (χ2n) is 4.88. The lowest BCUT2D eigenvalue weighted by atomic mass is 10.0. The van der Waals surface area contributed by atoms with E-state index in [1.165, 1.54) is 6.07 Å². The minimum Gasteiger partial charge on any atom is -0.394 e. The quantitative estimate of drug-likeness (QED) is 0.770. The molecule has 122 valence electrons. The van der Waals surface area contributed by atoms with Crippen LogP contribution in [0.2, 0.25) is 10.0 Å². The predicted octanol–water partition coefficient (Wildman–Crippen LogP) is 2.96. The fraction of sp³-hybridized carbons (Fsp3) is 0.188. The zero-order valence-electron chi connectivity index (χ0n) is 11.8. The largest absolute Gasteiger partial charge is 0.394 e. The van der Waals surface area contributed by atoms with E-state index < -0.39 is 30.5 Å². The number of halogens is 3. The molecule has 2 aromatic carbocycles. The number of carbonyl (C=O) groups excluding carboxylic acids is 1. The van der Waals surface area contributed by atoms with E-state index in [-0.39, 0.29) is 10.6 Å². The van der Waals surface area contributed by atoms with Crippen LogP contribution in [0.1, 0.15) is 22.0 Å². The first-order valence-electron chi connectivity index (χ1n) is 6.72. The summed E-state index contributed by atoms with van der Waals surface area (Å²) in [7, 11) is 0. The summed E-state index contributed by atoms with van der Waals surface area (Å²) in [5, 5.41) is 22.7. The number of amides is 1. The predicted molar refractivity (Wildman–Crippen MR) is 86.2 cm³/mol. The fourth-order valence-electron chi connectivity index (χ4n) is 2.03.